The first-order valence-electron chi connectivity index (χ1n) is 8.90. The normalized spacial score (nSPS) is 11.0. The number of pyridine rings is 1. The summed E-state index contributed by atoms with van der Waals surface area (Å²) in [5.41, 5.74) is 0.992. The molecule has 1 amide bonds. The van der Waals surface area contributed by atoms with Crippen molar-refractivity contribution in [1.82, 2.24) is 14.8 Å². The van der Waals surface area contributed by atoms with Gasteiger partial charge >= 0.3 is 5.97 Å². The van der Waals surface area contributed by atoms with E-state index in [4.69, 9.17) is 4.74 Å². The second-order valence-corrected chi connectivity index (χ2v) is 6.55. The highest BCUT2D eigenvalue weighted by Gasteiger charge is 2.22. The van der Waals surface area contributed by atoms with E-state index in [2.05, 4.69) is 15.4 Å². The highest BCUT2D eigenvalue weighted by Crippen LogP contribution is 2.23. The third-order valence-corrected chi connectivity index (χ3v) is 3.92. The van der Waals surface area contributed by atoms with E-state index in [9.17, 15) is 9.59 Å². The van der Waals surface area contributed by atoms with Crippen molar-refractivity contribution in [1.29, 1.82) is 0 Å². The minimum Gasteiger partial charge on any atom is -0.462 e. The van der Waals surface area contributed by atoms with E-state index in [1.54, 1.807) is 13.0 Å². The largest absolute Gasteiger partial charge is 0.462 e. The molecule has 27 heavy (non-hydrogen) atoms. The Morgan fingerprint density at radius 1 is 1.19 bits per heavy atom. The highest BCUT2D eigenvalue weighted by molar-refractivity contribution is 6.00. The lowest BCUT2D eigenvalue weighted by atomic mass is 10.1. The van der Waals surface area contributed by atoms with Crippen LogP contribution in [0.5, 0.6) is 0 Å². The number of aromatic nitrogens is 3. The molecule has 1 aromatic carbocycles. The summed E-state index contributed by atoms with van der Waals surface area (Å²) in [7, 11) is 0. The molecule has 7 nitrogen and oxygen atoms in total. The van der Waals surface area contributed by atoms with Crippen molar-refractivity contribution in [2.24, 2.45) is 5.92 Å². The quantitative estimate of drug-likeness (QED) is 0.674. The summed E-state index contributed by atoms with van der Waals surface area (Å²) in [6, 6.07) is 11.4. The SMILES string of the molecule is CCOC(=O)c1cnn(-c2ccc3ccccc3n2)c1NC(=O)CC(C)C. The van der Waals surface area contributed by atoms with Gasteiger partial charge in [0.25, 0.3) is 0 Å². The van der Waals surface area contributed by atoms with Gasteiger partial charge in [-0.05, 0) is 31.0 Å². The summed E-state index contributed by atoms with van der Waals surface area (Å²) >= 11 is 0. The van der Waals surface area contributed by atoms with Crippen LogP contribution >= 0.6 is 0 Å². The summed E-state index contributed by atoms with van der Waals surface area (Å²) in [5.74, 6) is 0.222. The molecule has 0 bridgehead atoms. The molecule has 0 aliphatic heterocycles. The second kappa shape index (κ2) is 7.99. The van der Waals surface area contributed by atoms with Crippen LogP contribution in [0.3, 0.4) is 0 Å². The topological polar surface area (TPSA) is 86.1 Å². The summed E-state index contributed by atoms with van der Waals surface area (Å²) in [4.78, 5) is 29.2. The van der Waals surface area contributed by atoms with E-state index in [0.717, 1.165) is 10.9 Å². The minimum absolute atomic E-state index is 0.186. The molecule has 140 valence electrons. The fourth-order valence-corrected chi connectivity index (χ4v) is 2.73. The molecule has 0 unspecified atom stereocenters. The average Bonchev–Trinajstić information content (AvgIpc) is 3.04. The van der Waals surface area contributed by atoms with Gasteiger partial charge in [-0.15, -0.1) is 0 Å². The van der Waals surface area contributed by atoms with Crippen LogP contribution < -0.4 is 5.32 Å². The molecular formula is C20H22N4O3. The molecule has 3 aromatic rings. The van der Waals surface area contributed by atoms with Crippen molar-refractivity contribution in [3.05, 3.63) is 48.2 Å². The van der Waals surface area contributed by atoms with Crippen molar-refractivity contribution in [2.75, 3.05) is 11.9 Å². The van der Waals surface area contributed by atoms with Gasteiger partial charge in [0.2, 0.25) is 5.91 Å². The fourth-order valence-electron chi connectivity index (χ4n) is 2.73. The lowest BCUT2D eigenvalue weighted by Crippen LogP contribution is -2.19. The summed E-state index contributed by atoms with van der Waals surface area (Å²) < 4.78 is 6.54. The van der Waals surface area contributed by atoms with Crippen LogP contribution in [0, 0.1) is 5.92 Å². The molecule has 0 spiro atoms. The number of carbonyl (C=O) groups is 2. The maximum atomic E-state index is 12.3. The molecule has 2 heterocycles. The number of fused-ring (bicyclic) bond motifs is 1. The minimum atomic E-state index is -0.538. The van der Waals surface area contributed by atoms with Gasteiger partial charge in [-0.2, -0.15) is 9.78 Å². The molecular weight excluding hydrogens is 344 g/mol. The smallest absolute Gasteiger partial charge is 0.343 e. The molecule has 7 heteroatoms. The Hall–Kier alpha value is -3.22. The Bertz CT molecular complexity index is 978. The zero-order valence-corrected chi connectivity index (χ0v) is 15.6. The maximum Gasteiger partial charge on any atom is 0.343 e. The molecule has 0 atom stereocenters. The van der Waals surface area contributed by atoms with Gasteiger partial charge in [-0.3, -0.25) is 4.79 Å². The Morgan fingerprint density at radius 3 is 2.70 bits per heavy atom. The van der Waals surface area contributed by atoms with Crippen LogP contribution in [-0.2, 0) is 9.53 Å². The highest BCUT2D eigenvalue weighted by atomic mass is 16.5. The predicted octanol–water partition coefficient (Wildman–Crippen LogP) is 3.58. The first-order valence-corrected chi connectivity index (χ1v) is 8.90. The standard InChI is InChI=1S/C20H22N4O3/c1-4-27-20(26)15-12-21-24(19(15)23-18(25)11-13(2)3)17-10-9-14-7-5-6-8-16(14)22-17/h5-10,12-13H,4,11H2,1-3H3,(H,23,25). The number of benzene rings is 1. The Morgan fingerprint density at radius 2 is 1.96 bits per heavy atom. The van der Waals surface area contributed by atoms with E-state index in [0.29, 0.717) is 12.2 Å². The Kier molecular flexibility index (Phi) is 5.49. The molecule has 2 aromatic heterocycles. The monoisotopic (exact) mass is 366 g/mol. The second-order valence-electron chi connectivity index (χ2n) is 6.55. The van der Waals surface area contributed by atoms with Gasteiger partial charge in [-0.1, -0.05) is 32.0 Å². The average molecular weight is 366 g/mol. The number of nitrogens with one attached hydrogen (secondary N) is 1. The van der Waals surface area contributed by atoms with E-state index in [-0.39, 0.29) is 29.8 Å². The Labute approximate surface area is 157 Å². The molecule has 0 aliphatic rings. The van der Waals surface area contributed by atoms with Crippen molar-refractivity contribution in [3.8, 4) is 5.82 Å². The van der Waals surface area contributed by atoms with Crippen LogP contribution in [-0.4, -0.2) is 33.2 Å². The van der Waals surface area contributed by atoms with E-state index < -0.39 is 5.97 Å². The van der Waals surface area contributed by atoms with Crippen molar-refractivity contribution < 1.29 is 14.3 Å². The van der Waals surface area contributed by atoms with E-state index in [1.807, 2.05) is 44.2 Å². The van der Waals surface area contributed by atoms with Crippen LogP contribution in [0.25, 0.3) is 16.7 Å². The van der Waals surface area contributed by atoms with Crippen LogP contribution in [0.1, 0.15) is 37.6 Å². The zero-order chi connectivity index (χ0) is 19.4. The van der Waals surface area contributed by atoms with Gasteiger partial charge in [0.05, 0.1) is 18.3 Å². The number of hydrogen-bond acceptors (Lipinski definition) is 5. The first-order chi connectivity index (χ1) is 13.0. The fraction of sp³-hybridized carbons (Fsp3) is 0.300. The number of nitrogens with zero attached hydrogens (tertiary/aromatic N) is 3. The number of esters is 1. The van der Waals surface area contributed by atoms with Crippen LogP contribution in [0.15, 0.2) is 42.6 Å². The first kappa shape index (κ1) is 18.6. The molecule has 1 N–H and O–H groups in total. The Balaban J connectivity index is 2.04. The van der Waals surface area contributed by atoms with Crippen LogP contribution in [0.2, 0.25) is 0 Å². The predicted molar refractivity (Wildman–Crippen MR) is 103 cm³/mol. The number of anilines is 1. The molecule has 3 rings (SSSR count). The van der Waals surface area contributed by atoms with Crippen molar-refractivity contribution >= 4 is 28.6 Å². The molecule has 0 aliphatic carbocycles. The van der Waals surface area contributed by atoms with Gasteiger partial charge in [0, 0.05) is 11.8 Å². The lowest BCUT2D eigenvalue weighted by Gasteiger charge is -2.12. The van der Waals surface area contributed by atoms with Gasteiger partial charge < -0.3 is 10.1 Å². The van der Waals surface area contributed by atoms with Gasteiger partial charge in [0.1, 0.15) is 5.56 Å². The molecule has 0 fully saturated rings. The number of para-hydroxylation sites is 1. The van der Waals surface area contributed by atoms with E-state index >= 15 is 0 Å². The number of rotatable bonds is 6. The van der Waals surface area contributed by atoms with Crippen molar-refractivity contribution in [2.45, 2.75) is 27.2 Å². The number of hydrogen-bond donors (Lipinski definition) is 1. The lowest BCUT2D eigenvalue weighted by molar-refractivity contribution is -0.116. The molecule has 0 saturated heterocycles. The third kappa shape index (κ3) is 4.13. The third-order valence-electron chi connectivity index (χ3n) is 3.92. The molecule has 0 saturated carbocycles. The number of carbonyl (C=O) groups excluding carboxylic acids is 2. The van der Waals surface area contributed by atoms with Gasteiger partial charge in [-0.25, -0.2) is 9.78 Å². The zero-order valence-electron chi connectivity index (χ0n) is 15.6. The molecule has 0 radical (unpaired) electrons. The number of ether oxygens (including phenoxy) is 1. The van der Waals surface area contributed by atoms with Crippen LogP contribution in [0.4, 0.5) is 5.82 Å². The van der Waals surface area contributed by atoms with Crippen molar-refractivity contribution in [3.63, 3.8) is 0 Å². The summed E-state index contributed by atoms with van der Waals surface area (Å²) in [5, 5.41) is 8.05. The maximum absolute atomic E-state index is 12.3. The van der Waals surface area contributed by atoms with Gasteiger partial charge in [0.15, 0.2) is 11.6 Å². The van der Waals surface area contributed by atoms with E-state index in [1.165, 1.54) is 10.9 Å². The number of amides is 1. The summed E-state index contributed by atoms with van der Waals surface area (Å²) in [6.45, 7) is 5.86. The summed E-state index contributed by atoms with van der Waals surface area (Å²) in [6.07, 6.45) is 1.72.